The van der Waals surface area contributed by atoms with Crippen molar-refractivity contribution in [1.82, 2.24) is 9.55 Å². The first kappa shape index (κ1) is 26.3. The van der Waals surface area contributed by atoms with Gasteiger partial charge in [-0.15, -0.1) is 0 Å². The maximum atomic E-state index is 15.2. The van der Waals surface area contributed by atoms with Crippen LogP contribution in [0.3, 0.4) is 0 Å². The van der Waals surface area contributed by atoms with Crippen LogP contribution in [0.2, 0.25) is 0 Å². The number of pyridine rings is 2. The molecule has 0 saturated heterocycles. The molecule has 202 valence electrons. The Hall–Kier alpha value is -3.28. The Kier molecular flexibility index (Phi) is 6.36. The lowest BCUT2D eigenvalue weighted by Crippen LogP contribution is -2.38. The minimum absolute atomic E-state index is 0.00755. The predicted octanol–water partition coefficient (Wildman–Crippen LogP) is 3.47. The molecule has 0 radical (unpaired) electrons. The number of fused-ring (bicyclic) bond motifs is 5. The Morgan fingerprint density at radius 3 is 2.74 bits per heavy atom. The van der Waals surface area contributed by atoms with E-state index in [0.717, 1.165) is 6.07 Å². The average molecular weight is 547 g/mol. The molecule has 2 aromatic heterocycles. The summed E-state index contributed by atoms with van der Waals surface area (Å²) in [7, 11) is -4.83. The molecule has 1 atom stereocenters. The number of nitrogens with one attached hydrogen (secondary N) is 1. The molecule has 0 fully saturated rings. The molecule has 1 aromatic carbocycles. The molecule has 3 aromatic rings. The van der Waals surface area contributed by atoms with Crippen molar-refractivity contribution in [2.75, 3.05) is 12.1 Å². The van der Waals surface area contributed by atoms with Crippen molar-refractivity contribution in [3.63, 3.8) is 0 Å². The molecule has 0 bridgehead atoms. The molecular weight excluding hydrogens is 520 g/mol. The van der Waals surface area contributed by atoms with E-state index >= 15 is 4.39 Å². The minimum atomic E-state index is -4.83. The summed E-state index contributed by atoms with van der Waals surface area (Å²) in [6.07, 6.45) is 0.254. The fourth-order valence-electron chi connectivity index (χ4n) is 4.91. The number of hydrogen-bond donors (Lipinski definition) is 4. The van der Waals surface area contributed by atoms with Crippen molar-refractivity contribution < 1.29 is 37.8 Å². The summed E-state index contributed by atoms with van der Waals surface area (Å²) in [5.41, 5.74) is 1.07. The monoisotopic (exact) mass is 547 g/mol. The number of rotatable bonds is 7. The molecule has 0 unspecified atom stereocenters. The van der Waals surface area contributed by atoms with E-state index in [2.05, 4.69) is 21.4 Å². The highest BCUT2D eigenvalue weighted by Gasteiger charge is 2.41. The van der Waals surface area contributed by atoms with Crippen LogP contribution in [0.25, 0.3) is 22.3 Å². The van der Waals surface area contributed by atoms with Gasteiger partial charge in [0.2, 0.25) is 6.79 Å². The molecule has 2 aliphatic rings. The topological polar surface area (TPSA) is 152 Å². The molecule has 13 heteroatoms. The number of ether oxygens (including phenoxy) is 2. The zero-order chi connectivity index (χ0) is 27.6. The lowest BCUT2D eigenvalue weighted by atomic mass is 9.84. The fraction of sp³-hybridized carbons (Fsp3) is 0.360. The lowest BCUT2D eigenvalue weighted by Gasteiger charge is -2.35. The van der Waals surface area contributed by atoms with E-state index in [0.29, 0.717) is 33.5 Å². The van der Waals surface area contributed by atoms with Gasteiger partial charge in [0.1, 0.15) is 18.0 Å². The van der Waals surface area contributed by atoms with Gasteiger partial charge in [-0.1, -0.05) is 13.5 Å². The fourth-order valence-corrected chi connectivity index (χ4v) is 5.10. The van der Waals surface area contributed by atoms with Crippen molar-refractivity contribution in [3.8, 4) is 17.1 Å². The van der Waals surface area contributed by atoms with E-state index in [1.807, 2.05) is 13.8 Å². The average Bonchev–Trinajstić information content (AvgIpc) is 3.19. The normalized spacial score (nSPS) is 18.3. The largest absolute Gasteiger partial charge is 0.490 e. The third-order valence-corrected chi connectivity index (χ3v) is 7.19. The number of halogens is 1. The van der Waals surface area contributed by atoms with Gasteiger partial charge in [0.15, 0.2) is 11.6 Å². The highest BCUT2D eigenvalue weighted by molar-refractivity contribution is 7.46. The highest BCUT2D eigenvalue weighted by atomic mass is 31.2. The first-order chi connectivity index (χ1) is 17.8. The molecule has 4 N–H and O–H groups in total. The van der Waals surface area contributed by atoms with Gasteiger partial charge in [0.05, 0.1) is 34.7 Å². The van der Waals surface area contributed by atoms with Gasteiger partial charge >= 0.3 is 7.82 Å². The van der Waals surface area contributed by atoms with Gasteiger partial charge in [0, 0.05) is 28.6 Å². The summed E-state index contributed by atoms with van der Waals surface area (Å²) >= 11 is 0. The second-order valence-corrected chi connectivity index (χ2v) is 10.8. The van der Waals surface area contributed by atoms with Crippen molar-refractivity contribution in [2.45, 2.75) is 52.0 Å². The maximum absolute atomic E-state index is 15.2. The molecule has 38 heavy (non-hydrogen) atoms. The Morgan fingerprint density at radius 2 is 2.08 bits per heavy atom. The number of aliphatic hydroxyl groups is 1. The van der Waals surface area contributed by atoms with Crippen LogP contribution >= 0.6 is 7.82 Å². The second-order valence-electron chi connectivity index (χ2n) is 9.54. The predicted molar refractivity (Wildman–Crippen MR) is 136 cm³/mol. The zero-order valence-corrected chi connectivity index (χ0v) is 21.8. The van der Waals surface area contributed by atoms with Crippen LogP contribution in [0.15, 0.2) is 35.3 Å². The number of hydrogen-bond acceptors (Lipinski definition) is 8. The molecule has 11 nitrogen and oxygen atoms in total. The van der Waals surface area contributed by atoms with Crippen LogP contribution in [0.5, 0.6) is 5.75 Å². The van der Waals surface area contributed by atoms with E-state index in [-0.39, 0.29) is 53.9 Å². The Balaban J connectivity index is 1.67. The molecule has 4 heterocycles. The van der Waals surface area contributed by atoms with E-state index in [4.69, 9.17) is 19.3 Å². The third kappa shape index (κ3) is 4.28. The maximum Gasteiger partial charge on any atom is 0.472 e. The van der Waals surface area contributed by atoms with E-state index in [9.17, 15) is 14.5 Å². The summed E-state index contributed by atoms with van der Waals surface area (Å²) in [6.45, 7) is 8.56. The van der Waals surface area contributed by atoms with Crippen LogP contribution in [-0.4, -0.2) is 37.3 Å². The van der Waals surface area contributed by atoms with Crippen LogP contribution in [-0.2, 0) is 32.6 Å². The van der Waals surface area contributed by atoms with Crippen molar-refractivity contribution in [3.05, 3.63) is 63.4 Å². The summed E-state index contributed by atoms with van der Waals surface area (Å²) in [4.78, 5) is 36.0. The van der Waals surface area contributed by atoms with Gasteiger partial charge in [-0.25, -0.2) is 18.5 Å². The van der Waals surface area contributed by atoms with Crippen LogP contribution in [0.4, 0.5) is 10.1 Å². The number of aromatic nitrogens is 2. The quantitative estimate of drug-likeness (QED) is 0.200. The molecule has 0 spiro atoms. The van der Waals surface area contributed by atoms with Crippen LogP contribution in [0.1, 0.15) is 43.9 Å². The molecule has 5 rings (SSSR count). The molecular formula is C25H27FN3O8P. The summed E-state index contributed by atoms with van der Waals surface area (Å²) in [5.74, 6) is -0.937. The van der Waals surface area contributed by atoms with Gasteiger partial charge in [-0.2, -0.15) is 0 Å². The number of anilines is 1. The van der Waals surface area contributed by atoms with Crippen molar-refractivity contribution in [2.24, 2.45) is 0 Å². The van der Waals surface area contributed by atoms with Crippen LogP contribution < -0.4 is 15.6 Å². The van der Waals surface area contributed by atoms with E-state index < -0.39 is 26.0 Å². The van der Waals surface area contributed by atoms with E-state index in [1.54, 1.807) is 23.6 Å². The molecule has 0 amide bonds. The van der Waals surface area contributed by atoms with E-state index in [1.165, 1.54) is 0 Å². The number of benzene rings is 1. The number of nitrogens with zero attached hydrogens (tertiary/aromatic N) is 2. The standard InChI is InChI=1S/C25H27FN3O8P/c1-5-25(31)13(4)35-10-16-17(25)7-20-21-14(9-29(20)24(16)30)6-15-19(28-21)8-18(26)23(22(15)27-12(2)3)36-11-37-38(32,33)34/h6-8,12,27,31H,4-5,9-11H2,1-3H3,(H2,32,33,34)/t25-/m1/s1. The Morgan fingerprint density at radius 1 is 1.34 bits per heavy atom. The summed E-state index contributed by atoms with van der Waals surface area (Å²) in [5, 5.41) is 14.9. The van der Waals surface area contributed by atoms with Gasteiger partial charge < -0.3 is 34.3 Å². The lowest BCUT2D eigenvalue weighted by molar-refractivity contribution is -0.0172. The van der Waals surface area contributed by atoms with Crippen molar-refractivity contribution >= 4 is 24.4 Å². The number of phosphoric acid groups is 1. The highest BCUT2D eigenvalue weighted by Crippen LogP contribution is 2.44. The summed E-state index contributed by atoms with van der Waals surface area (Å²) < 4.78 is 42.9. The summed E-state index contributed by atoms with van der Waals surface area (Å²) in [6, 6.07) is 4.47. The second kappa shape index (κ2) is 9.18. The third-order valence-electron chi connectivity index (χ3n) is 6.75. The van der Waals surface area contributed by atoms with Crippen molar-refractivity contribution in [1.29, 1.82) is 0 Å². The smallest absolute Gasteiger partial charge is 0.472 e. The SMILES string of the molecule is C=C1OCc2c(cc3n(c2=O)Cc2cc4c(NC(C)C)c(OCOP(=O)(O)O)c(F)cc4nc2-3)[C@@]1(O)CC. The number of phosphoric ester groups is 1. The van der Waals surface area contributed by atoms with Gasteiger partial charge in [-0.05, 0) is 32.4 Å². The van der Waals surface area contributed by atoms with Gasteiger partial charge in [0.25, 0.3) is 5.56 Å². The molecule has 0 aliphatic carbocycles. The molecule has 0 saturated carbocycles. The first-order valence-corrected chi connectivity index (χ1v) is 13.4. The Labute approximate surface area is 216 Å². The molecule has 2 aliphatic heterocycles. The van der Waals surface area contributed by atoms with Crippen LogP contribution in [0, 0.1) is 5.82 Å². The van der Waals surface area contributed by atoms with Gasteiger partial charge in [-0.3, -0.25) is 4.79 Å². The zero-order valence-electron chi connectivity index (χ0n) is 20.9. The minimum Gasteiger partial charge on any atom is -0.490 e. The first-order valence-electron chi connectivity index (χ1n) is 11.9. The Bertz CT molecular complexity index is 1600.